The van der Waals surface area contributed by atoms with Crippen molar-refractivity contribution in [1.29, 1.82) is 0 Å². The summed E-state index contributed by atoms with van der Waals surface area (Å²) < 4.78 is 0. The van der Waals surface area contributed by atoms with Crippen LogP contribution in [0.3, 0.4) is 0 Å². The van der Waals surface area contributed by atoms with Crippen molar-refractivity contribution in [3.8, 4) is 0 Å². The molecule has 1 aromatic carbocycles. The normalized spacial score (nSPS) is 20.5. The molecule has 2 amide bonds. The summed E-state index contributed by atoms with van der Waals surface area (Å²) in [5, 5.41) is 3.39. The van der Waals surface area contributed by atoms with Crippen molar-refractivity contribution in [2.24, 2.45) is 5.92 Å². The van der Waals surface area contributed by atoms with Crippen molar-refractivity contribution < 1.29 is 9.59 Å². The molecule has 24 heavy (non-hydrogen) atoms. The minimum absolute atomic E-state index is 0.00586. The Morgan fingerprint density at radius 2 is 1.88 bits per heavy atom. The van der Waals surface area contributed by atoms with E-state index in [-0.39, 0.29) is 17.7 Å². The maximum Gasteiger partial charge on any atom is 0.253 e. The van der Waals surface area contributed by atoms with Crippen LogP contribution < -0.4 is 5.32 Å². The Morgan fingerprint density at radius 3 is 2.42 bits per heavy atom. The van der Waals surface area contributed by atoms with Crippen LogP contribution in [-0.2, 0) is 11.3 Å². The van der Waals surface area contributed by atoms with E-state index in [0.717, 1.165) is 24.9 Å². The van der Waals surface area contributed by atoms with Crippen molar-refractivity contribution in [3.05, 3.63) is 35.4 Å². The fraction of sp³-hybridized carbons (Fsp3) is 0.579. The predicted molar refractivity (Wildman–Crippen MR) is 95.7 cm³/mol. The number of hydrogen-bond acceptors (Lipinski definition) is 3. The molecule has 2 rings (SSSR count). The number of carbonyl (C=O) groups is 2. The standard InChI is InChI=1S/C19H29N3O2/c1-5-22(19(24)17-10-11-20-14(2)12-17)13-15-6-8-16(9-7-15)18(23)21(3)4/h6-9,14,17,20H,5,10-13H2,1-4H3/t14-,17-/m0/s1. The first kappa shape index (κ1) is 18.5. The van der Waals surface area contributed by atoms with Crippen LogP contribution in [0.4, 0.5) is 0 Å². The van der Waals surface area contributed by atoms with Crippen LogP contribution in [0.2, 0.25) is 0 Å². The fourth-order valence-corrected chi connectivity index (χ4v) is 3.19. The largest absolute Gasteiger partial charge is 0.345 e. The topological polar surface area (TPSA) is 52.7 Å². The lowest BCUT2D eigenvalue weighted by molar-refractivity contribution is -0.137. The van der Waals surface area contributed by atoms with Gasteiger partial charge in [-0.05, 0) is 50.9 Å². The van der Waals surface area contributed by atoms with Crippen LogP contribution in [0.1, 0.15) is 42.6 Å². The van der Waals surface area contributed by atoms with Gasteiger partial charge < -0.3 is 15.1 Å². The third-order valence-electron chi connectivity index (χ3n) is 4.65. The first-order valence-electron chi connectivity index (χ1n) is 8.75. The van der Waals surface area contributed by atoms with Gasteiger partial charge in [0.1, 0.15) is 0 Å². The predicted octanol–water partition coefficient (Wildman–Crippen LogP) is 2.12. The zero-order valence-corrected chi connectivity index (χ0v) is 15.2. The highest BCUT2D eigenvalue weighted by molar-refractivity contribution is 5.93. The Hall–Kier alpha value is -1.88. The van der Waals surface area contributed by atoms with E-state index in [1.807, 2.05) is 36.1 Å². The zero-order valence-electron chi connectivity index (χ0n) is 15.2. The summed E-state index contributed by atoms with van der Waals surface area (Å²) in [5.74, 6) is 0.365. The maximum absolute atomic E-state index is 12.8. The summed E-state index contributed by atoms with van der Waals surface area (Å²) >= 11 is 0. The molecule has 1 saturated heterocycles. The van der Waals surface area contributed by atoms with Crippen molar-refractivity contribution in [1.82, 2.24) is 15.1 Å². The lowest BCUT2D eigenvalue weighted by atomic mass is 9.92. The molecular formula is C19H29N3O2. The fourth-order valence-electron chi connectivity index (χ4n) is 3.19. The van der Waals surface area contributed by atoms with Gasteiger partial charge in [-0.1, -0.05) is 12.1 Å². The Labute approximate surface area is 145 Å². The Morgan fingerprint density at radius 1 is 1.21 bits per heavy atom. The second-order valence-electron chi connectivity index (χ2n) is 6.83. The molecule has 0 spiro atoms. The number of nitrogens with zero attached hydrogens (tertiary/aromatic N) is 2. The number of benzene rings is 1. The van der Waals surface area contributed by atoms with Crippen LogP contribution in [0.25, 0.3) is 0 Å². The summed E-state index contributed by atoms with van der Waals surface area (Å²) in [6, 6.07) is 7.96. The molecule has 1 fully saturated rings. The smallest absolute Gasteiger partial charge is 0.253 e. The molecule has 2 atom stereocenters. The van der Waals surface area contributed by atoms with Gasteiger partial charge in [0.15, 0.2) is 0 Å². The Bertz CT molecular complexity index is 568. The molecule has 5 heteroatoms. The van der Waals surface area contributed by atoms with Crippen molar-refractivity contribution in [2.45, 2.75) is 39.3 Å². The lowest BCUT2D eigenvalue weighted by Gasteiger charge is -2.31. The summed E-state index contributed by atoms with van der Waals surface area (Å²) in [4.78, 5) is 28.2. The summed E-state index contributed by atoms with van der Waals surface area (Å²) in [5.41, 5.74) is 1.73. The minimum Gasteiger partial charge on any atom is -0.345 e. The molecule has 1 heterocycles. The molecule has 1 N–H and O–H groups in total. The molecule has 132 valence electrons. The highest BCUT2D eigenvalue weighted by Gasteiger charge is 2.27. The van der Waals surface area contributed by atoms with Crippen LogP contribution in [0.5, 0.6) is 0 Å². The van der Waals surface area contributed by atoms with E-state index in [4.69, 9.17) is 0 Å². The van der Waals surface area contributed by atoms with Gasteiger partial charge in [-0.15, -0.1) is 0 Å². The van der Waals surface area contributed by atoms with E-state index < -0.39 is 0 Å². The molecule has 0 saturated carbocycles. The third kappa shape index (κ3) is 4.57. The average molecular weight is 331 g/mol. The van der Waals surface area contributed by atoms with Gasteiger partial charge in [-0.3, -0.25) is 9.59 Å². The Balaban J connectivity index is 2.01. The van der Waals surface area contributed by atoms with Gasteiger partial charge in [-0.25, -0.2) is 0 Å². The molecule has 0 aromatic heterocycles. The third-order valence-corrected chi connectivity index (χ3v) is 4.65. The molecule has 0 unspecified atom stereocenters. The van der Waals surface area contributed by atoms with Crippen molar-refractivity contribution >= 4 is 11.8 Å². The van der Waals surface area contributed by atoms with Gasteiger partial charge in [0.25, 0.3) is 5.91 Å². The van der Waals surface area contributed by atoms with E-state index in [1.165, 1.54) is 0 Å². The van der Waals surface area contributed by atoms with E-state index in [9.17, 15) is 9.59 Å². The highest BCUT2D eigenvalue weighted by atomic mass is 16.2. The highest BCUT2D eigenvalue weighted by Crippen LogP contribution is 2.20. The van der Waals surface area contributed by atoms with E-state index in [0.29, 0.717) is 24.7 Å². The van der Waals surface area contributed by atoms with E-state index in [2.05, 4.69) is 12.2 Å². The van der Waals surface area contributed by atoms with Gasteiger partial charge in [-0.2, -0.15) is 0 Å². The first-order valence-corrected chi connectivity index (χ1v) is 8.75. The molecule has 0 radical (unpaired) electrons. The maximum atomic E-state index is 12.8. The van der Waals surface area contributed by atoms with Crippen LogP contribution in [0.15, 0.2) is 24.3 Å². The molecule has 1 aromatic rings. The summed E-state index contributed by atoms with van der Waals surface area (Å²) in [6.45, 7) is 6.37. The number of piperidine rings is 1. The molecular weight excluding hydrogens is 302 g/mol. The number of carbonyl (C=O) groups excluding carboxylic acids is 2. The van der Waals surface area contributed by atoms with Crippen LogP contribution in [-0.4, -0.2) is 54.8 Å². The van der Waals surface area contributed by atoms with Gasteiger partial charge in [0.2, 0.25) is 5.91 Å². The van der Waals surface area contributed by atoms with Crippen LogP contribution >= 0.6 is 0 Å². The number of rotatable bonds is 5. The molecule has 0 aliphatic carbocycles. The number of amides is 2. The van der Waals surface area contributed by atoms with E-state index in [1.54, 1.807) is 19.0 Å². The second kappa shape index (κ2) is 8.29. The monoisotopic (exact) mass is 331 g/mol. The minimum atomic E-state index is -0.00586. The summed E-state index contributed by atoms with van der Waals surface area (Å²) in [6.07, 6.45) is 1.82. The lowest BCUT2D eigenvalue weighted by Crippen LogP contribution is -2.43. The quantitative estimate of drug-likeness (QED) is 0.899. The van der Waals surface area contributed by atoms with Crippen molar-refractivity contribution in [2.75, 3.05) is 27.2 Å². The van der Waals surface area contributed by atoms with Crippen molar-refractivity contribution in [3.63, 3.8) is 0 Å². The first-order chi connectivity index (χ1) is 11.4. The molecule has 1 aliphatic rings. The van der Waals surface area contributed by atoms with Crippen LogP contribution in [0, 0.1) is 5.92 Å². The summed E-state index contributed by atoms with van der Waals surface area (Å²) in [7, 11) is 3.49. The molecule has 5 nitrogen and oxygen atoms in total. The zero-order chi connectivity index (χ0) is 17.7. The molecule has 0 bridgehead atoms. The van der Waals surface area contributed by atoms with E-state index >= 15 is 0 Å². The number of nitrogens with one attached hydrogen (secondary N) is 1. The average Bonchev–Trinajstić information content (AvgIpc) is 2.59. The number of hydrogen-bond donors (Lipinski definition) is 1. The molecule has 1 aliphatic heterocycles. The van der Waals surface area contributed by atoms with Gasteiger partial charge in [0.05, 0.1) is 0 Å². The van der Waals surface area contributed by atoms with Gasteiger partial charge in [0, 0.05) is 44.7 Å². The Kier molecular flexibility index (Phi) is 6.37. The van der Waals surface area contributed by atoms with Gasteiger partial charge >= 0.3 is 0 Å². The second-order valence-corrected chi connectivity index (χ2v) is 6.83. The SMILES string of the molecule is CCN(Cc1ccc(C(=O)N(C)C)cc1)C(=O)[C@H]1CCN[C@@H](C)C1.